The molecule has 0 aliphatic rings. The van der Waals surface area contributed by atoms with Gasteiger partial charge in [-0.2, -0.15) is 0 Å². The van der Waals surface area contributed by atoms with E-state index < -0.39 is 0 Å². The summed E-state index contributed by atoms with van der Waals surface area (Å²) in [5, 5.41) is 2.92. The van der Waals surface area contributed by atoms with Gasteiger partial charge in [0.1, 0.15) is 6.10 Å². The minimum Gasteiger partial charge on any atom is -0.446 e. The van der Waals surface area contributed by atoms with Crippen LogP contribution in [0.4, 0.5) is 4.79 Å². The van der Waals surface area contributed by atoms with Crippen LogP contribution in [0.25, 0.3) is 0 Å². The summed E-state index contributed by atoms with van der Waals surface area (Å²) in [7, 11) is 0. The van der Waals surface area contributed by atoms with Crippen LogP contribution >= 0.6 is 0 Å². The molecule has 0 spiro atoms. The lowest BCUT2D eigenvalue weighted by Crippen LogP contribution is -2.30. The van der Waals surface area contributed by atoms with Crippen molar-refractivity contribution >= 4 is 6.09 Å². The van der Waals surface area contributed by atoms with E-state index in [1.54, 1.807) is 0 Å². The van der Waals surface area contributed by atoms with E-state index in [1.165, 1.54) is 116 Å². The van der Waals surface area contributed by atoms with Crippen LogP contribution in [-0.4, -0.2) is 31.5 Å². The fourth-order valence-corrected chi connectivity index (χ4v) is 4.40. The van der Waals surface area contributed by atoms with E-state index in [0.717, 1.165) is 19.3 Å². The van der Waals surface area contributed by atoms with Crippen molar-refractivity contribution in [3.8, 4) is 0 Å². The molecular formula is C30H61NO3. The van der Waals surface area contributed by atoms with Crippen LogP contribution in [0.2, 0.25) is 0 Å². The standard InChI is InChI=1S/C30H61NO3/c1-5-7-9-11-13-15-17-19-21-24-29(25-22-20-18-16-14-12-10-8-6-2)34-30(32)31-26-23-27-33-28(3)4/h28-29H,5-27H2,1-4H3,(H,31,32). The van der Waals surface area contributed by atoms with Gasteiger partial charge in [-0.3, -0.25) is 0 Å². The molecule has 0 heterocycles. The highest BCUT2D eigenvalue weighted by Crippen LogP contribution is 2.18. The zero-order chi connectivity index (χ0) is 25.1. The molecule has 1 amide bonds. The van der Waals surface area contributed by atoms with Crippen molar-refractivity contribution in [1.29, 1.82) is 0 Å². The summed E-state index contributed by atoms with van der Waals surface area (Å²) in [5.41, 5.74) is 0. The Morgan fingerprint density at radius 2 is 1.03 bits per heavy atom. The maximum atomic E-state index is 12.3. The molecule has 0 aromatic heterocycles. The van der Waals surface area contributed by atoms with Crippen molar-refractivity contribution in [2.24, 2.45) is 0 Å². The van der Waals surface area contributed by atoms with Crippen LogP contribution in [-0.2, 0) is 9.47 Å². The van der Waals surface area contributed by atoms with Gasteiger partial charge in [0.15, 0.2) is 0 Å². The van der Waals surface area contributed by atoms with Gasteiger partial charge in [-0.1, -0.05) is 117 Å². The van der Waals surface area contributed by atoms with Crippen molar-refractivity contribution in [2.75, 3.05) is 13.2 Å². The Balaban J connectivity index is 4.04. The van der Waals surface area contributed by atoms with Crippen LogP contribution in [0.5, 0.6) is 0 Å². The summed E-state index contributed by atoms with van der Waals surface area (Å²) in [4.78, 5) is 12.3. The highest BCUT2D eigenvalue weighted by Gasteiger charge is 2.14. The van der Waals surface area contributed by atoms with Gasteiger partial charge in [-0.25, -0.2) is 4.79 Å². The lowest BCUT2D eigenvalue weighted by Gasteiger charge is -2.18. The molecule has 0 atom stereocenters. The quantitative estimate of drug-likeness (QED) is 0.125. The summed E-state index contributed by atoms with van der Waals surface area (Å²) in [6, 6.07) is 0. The largest absolute Gasteiger partial charge is 0.446 e. The Hall–Kier alpha value is -0.770. The van der Waals surface area contributed by atoms with Crippen molar-refractivity contribution < 1.29 is 14.3 Å². The topological polar surface area (TPSA) is 47.6 Å². The number of hydrogen-bond acceptors (Lipinski definition) is 3. The van der Waals surface area contributed by atoms with E-state index in [2.05, 4.69) is 19.2 Å². The molecular weight excluding hydrogens is 422 g/mol. The molecule has 0 unspecified atom stereocenters. The summed E-state index contributed by atoms with van der Waals surface area (Å²) < 4.78 is 11.4. The molecule has 0 fully saturated rings. The van der Waals surface area contributed by atoms with Gasteiger partial charge in [-0.05, 0) is 46.0 Å². The lowest BCUT2D eigenvalue weighted by atomic mass is 10.0. The smallest absolute Gasteiger partial charge is 0.407 e. The number of rotatable bonds is 26. The molecule has 0 aromatic carbocycles. The zero-order valence-corrected chi connectivity index (χ0v) is 23.6. The van der Waals surface area contributed by atoms with Gasteiger partial charge in [-0.15, -0.1) is 0 Å². The molecule has 0 aliphatic heterocycles. The first-order valence-electron chi connectivity index (χ1n) is 15.2. The third-order valence-electron chi connectivity index (χ3n) is 6.57. The molecule has 0 saturated carbocycles. The van der Waals surface area contributed by atoms with Crippen LogP contribution in [0.15, 0.2) is 0 Å². The predicted molar refractivity (Wildman–Crippen MR) is 148 cm³/mol. The summed E-state index contributed by atoms with van der Waals surface area (Å²) in [5.74, 6) is 0. The van der Waals surface area contributed by atoms with Crippen molar-refractivity contribution in [3.63, 3.8) is 0 Å². The normalized spacial score (nSPS) is 11.5. The number of carbonyl (C=O) groups is 1. The predicted octanol–water partition coefficient (Wildman–Crippen LogP) is 9.74. The van der Waals surface area contributed by atoms with Crippen molar-refractivity contribution in [2.45, 2.75) is 175 Å². The van der Waals surface area contributed by atoms with Crippen molar-refractivity contribution in [3.05, 3.63) is 0 Å². The number of ether oxygens (including phenoxy) is 2. The Morgan fingerprint density at radius 3 is 1.44 bits per heavy atom. The Kier molecular flexibility index (Phi) is 26.2. The lowest BCUT2D eigenvalue weighted by molar-refractivity contribution is 0.0720. The van der Waals surface area contributed by atoms with E-state index in [0.29, 0.717) is 13.2 Å². The third kappa shape index (κ3) is 25.8. The van der Waals surface area contributed by atoms with E-state index in [-0.39, 0.29) is 18.3 Å². The first-order valence-corrected chi connectivity index (χ1v) is 15.2. The van der Waals surface area contributed by atoms with Crippen LogP contribution < -0.4 is 5.32 Å². The monoisotopic (exact) mass is 483 g/mol. The molecule has 0 bridgehead atoms. The molecule has 1 N–H and O–H groups in total. The second-order valence-electron chi connectivity index (χ2n) is 10.5. The highest BCUT2D eigenvalue weighted by atomic mass is 16.6. The maximum absolute atomic E-state index is 12.3. The Labute approximate surface area is 213 Å². The van der Waals surface area contributed by atoms with Crippen LogP contribution in [0.1, 0.15) is 163 Å². The minimum atomic E-state index is -0.249. The second-order valence-corrected chi connectivity index (χ2v) is 10.5. The first kappa shape index (κ1) is 33.2. The van der Waals surface area contributed by atoms with Crippen LogP contribution in [0, 0.1) is 0 Å². The number of nitrogens with one attached hydrogen (secondary N) is 1. The molecule has 0 aliphatic carbocycles. The highest BCUT2D eigenvalue weighted by molar-refractivity contribution is 5.67. The van der Waals surface area contributed by atoms with Gasteiger partial charge in [0.05, 0.1) is 6.10 Å². The summed E-state index contributed by atoms with van der Waals surface area (Å²) in [6.07, 6.45) is 26.8. The Morgan fingerprint density at radius 1 is 0.618 bits per heavy atom. The molecule has 204 valence electrons. The van der Waals surface area contributed by atoms with Gasteiger partial charge in [0.25, 0.3) is 0 Å². The SMILES string of the molecule is CCCCCCCCCCCC(CCCCCCCCCCC)OC(=O)NCCCOC(C)C. The minimum absolute atomic E-state index is 0.0704. The number of hydrogen-bond donors (Lipinski definition) is 1. The average molecular weight is 484 g/mol. The molecule has 0 aromatic rings. The number of carbonyl (C=O) groups excluding carboxylic acids is 1. The molecule has 4 nitrogen and oxygen atoms in total. The third-order valence-corrected chi connectivity index (χ3v) is 6.57. The van der Waals surface area contributed by atoms with Gasteiger partial charge >= 0.3 is 6.09 Å². The number of amides is 1. The number of alkyl carbamates (subject to hydrolysis) is 1. The molecule has 0 saturated heterocycles. The maximum Gasteiger partial charge on any atom is 0.407 e. The van der Waals surface area contributed by atoms with Crippen molar-refractivity contribution in [1.82, 2.24) is 5.32 Å². The average Bonchev–Trinajstić information content (AvgIpc) is 2.81. The molecule has 0 radical (unpaired) electrons. The summed E-state index contributed by atoms with van der Waals surface area (Å²) >= 11 is 0. The van der Waals surface area contributed by atoms with Gasteiger partial charge in [0.2, 0.25) is 0 Å². The fraction of sp³-hybridized carbons (Fsp3) is 0.967. The zero-order valence-electron chi connectivity index (χ0n) is 23.6. The van der Waals surface area contributed by atoms with Gasteiger partial charge < -0.3 is 14.8 Å². The van der Waals surface area contributed by atoms with E-state index in [1.807, 2.05) is 13.8 Å². The fourth-order valence-electron chi connectivity index (χ4n) is 4.40. The first-order chi connectivity index (χ1) is 16.6. The molecule has 34 heavy (non-hydrogen) atoms. The van der Waals surface area contributed by atoms with E-state index in [9.17, 15) is 4.79 Å². The summed E-state index contributed by atoms with van der Waals surface area (Å²) in [6.45, 7) is 9.91. The number of unbranched alkanes of at least 4 members (excludes halogenated alkanes) is 16. The van der Waals surface area contributed by atoms with E-state index in [4.69, 9.17) is 9.47 Å². The molecule has 0 rings (SSSR count). The van der Waals surface area contributed by atoms with E-state index >= 15 is 0 Å². The second kappa shape index (κ2) is 26.8. The van der Waals surface area contributed by atoms with Gasteiger partial charge in [0, 0.05) is 13.2 Å². The van der Waals surface area contributed by atoms with Crippen LogP contribution in [0.3, 0.4) is 0 Å². The Bertz CT molecular complexity index is 392. The molecule has 4 heteroatoms.